The van der Waals surface area contributed by atoms with Crippen molar-refractivity contribution in [2.24, 2.45) is 0 Å². The van der Waals surface area contributed by atoms with Crippen molar-refractivity contribution in [3.63, 3.8) is 0 Å². The summed E-state index contributed by atoms with van der Waals surface area (Å²) in [6, 6.07) is 4.33. The molecule has 0 N–H and O–H groups in total. The molecule has 1 fully saturated rings. The number of halogens is 1. The lowest BCUT2D eigenvalue weighted by molar-refractivity contribution is 0.153. The highest BCUT2D eigenvalue weighted by atomic mass is 35.5. The molecule has 0 atom stereocenters. The Morgan fingerprint density at radius 3 is 2.52 bits per heavy atom. The number of nitrogens with zero attached hydrogens (tertiary/aromatic N) is 2. The van der Waals surface area contributed by atoms with Gasteiger partial charge in [-0.2, -0.15) is 0 Å². The van der Waals surface area contributed by atoms with Crippen LogP contribution in [0.25, 0.3) is 0 Å². The van der Waals surface area contributed by atoms with Crippen molar-refractivity contribution < 1.29 is 4.74 Å². The third-order valence-corrected chi connectivity index (χ3v) is 4.84. The van der Waals surface area contributed by atoms with Gasteiger partial charge < -0.3 is 14.5 Å². The van der Waals surface area contributed by atoms with E-state index in [0.29, 0.717) is 0 Å². The van der Waals surface area contributed by atoms with Crippen LogP contribution in [0.3, 0.4) is 0 Å². The van der Waals surface area contributed by atoms with E-state index in [9.17, 15) is 0 Å². The van der Waals surface area contributed by atoms with Gasteiger partial charge in [0, 0.05) is 26.2 Å². The molecule has 1 aromatic rings. The molecule has 1 aliphatic rings. The van der Waals surface area contributed by atoms with Crippen molar-refractivity contribution >= 4 is 11.6 Å². The van der Waals surface area contributed by atoms with Crippen molar-refractivity contribution in [1.82, 2.24) is 9.80 Å². The van der Waals surface area contributed by atoms with E-state index in [2.05, 4.69) is 42.8 Å². The fourth-order valence-electron chi connectivity index (χ4n) is 3.03. The summed E-state index contributed by atoms with van der Waals surface area (Å²) in [6.45, 7) is 10.9. The number of rotatable bonds is 8. The second-order valence-corrected chi connectivity index (χ2v) is 6.92. The molecule has 4 heteroatoms. The van der Waals surface area contributed by atoms with Crippen LogP contribution in [0.4, 0.5) is 0 Å². The Bertz CT molecular complexity index is 485. The maximum Gasteiger partial charge on any atom is 0.141 e. The van der Waals surface area contributed by atoms with Gasteiger partial charge in [-0.05, 0) is 56.5 Å². The average molecular weight is 339 g/mol. The summed E-state index contributed by atoms with van der Waals surface area (Å²) in [5.74, 6) is 0.907. The summed E-state index contributed by atoms with van der Waals surface area (Å²) in [6.07, 6.45) is 4.22. The van der Waals surface area contributed by atoms with Gasteiger partial charge in [-0.1, -0.05) is 31.5 Å². The molecule has 0 aromatic heterocycles. The molecule has 1 saturated heterocycles. The van der Waals surface area contributed by atoms with Gasteiger partial charge in [0.15, 0.2) is 0 Å². The lowest BCUT2D eigenvalue weighted by Gasteiger charge is -2.32. The normalized spacial score (nSPS) is 16.7. The van der Waals surface area contributed by atoms with E-state index < -0.39 is 0 Å². The van der Waals surface area contributed by atoms with Gasteiger partial charge in [0.2, 0.25) is 0 Å². The van der Waals surface area contributed by atoms with E-state index in [0.717, 1.165) is 49.6 Å². The molecule has 0 radical (unpaired) electrons. The second-order valence-electron chi connectivity index (χ2n) is 6.52. The summed E-state index contributed by atoms with van der Waals surface area (Å²) < 4.78 is 5.92. The Morgan fingerprint density at radius 2 is 1.87 bits per heavy atom. The first-order valence-corrected chi connectivity index (χ1v) is 9.36. The Hall–Kier alpha value is -0.770. The smallest absolute Gasteiger partial charge is 0.141 e. The summed E-state index contributed by atoms with van der Waals surface area (Å²) in [4.78, 5) is 4.97. The van der Waals surface area contributed by atoms with E-state index in [1.54, 1.807) is 0 Å². The number of piperazine rings is 1. The third kappa shape index (κ3) is 5.66. The van der Waals surface area contributed by atoms with Crippen LogP contribution in [-0.4, -0.2) is 56.2 Å². The SMILES string of the molecule is CCCOc1c(Cl)cc(CC)cc1CCCN1CCN(C)CC1. The minimum atomic E-state index is 0.733. The Balaban J connectivity index is 1.95. The molecule has 0 saturated carbocycles. The highest BCUT2D eigenvalue weighted by molar-refractivity contribution is 6.32. The minimum Gasteiger partial charge on any atom is -0.492 e. The van der Waals surface area contributed by atoms with Gasteiger partial charge in [-0.15, -0.1) is 0 Å². The van der Waals surface area contributed by atoms with Crippen LogP contribution in [0.1, 0.15) is 37.8 Å². The Morgan fingerprint density at radius 1 is 1.13 bits per heavy atom. The van der Waals surface area contributed by atoms with E-state index in [1.165, 1.54) is 37.3 Å². The molecule has 0 spiro atoms. The fourth-order valence-corrected chi connectivity index (χ4v) is 3.35. The zero-order valence-corrected chi connectivity index (χ0v) is 15.7. The average Bonchev–Trinajstić information content (AvgIpc) is 2.55. The van der Waals surface area contributed by atoms with Crippen molar-refractivity contribution in [3.05, 3.63) is 28.3 Å². The zero-order chi connectivity index (χ0) is 16.7. The summed E-state index contributed by atoms with van der Waals surface area (Å²) >= 11 is 6.45. The minimum absolute atomic E-state index is 0.733. The lowest BCUT2D eigenvalue weighted by atomic mass is 10.0. The maximum absolute atomic E-state index is 6.45. The van der Waals surface area contributed by atoms with Crippen LogP contribution in [-0.2, 0) is 12.8 Å². The lowest BCUT2D eigenvalue weighted by Crippen LogP contribution is -2.44. The first-order valence-electron chi connectivity index (χ1n) is 8.99. The van der Waals surface area contributed by atoms with E-state index in [-0.39, 0.29) is 0 Å². The zero-order valence-electron chi connectivity index (χ0n) is 14.9. The van der Waals surface area contributed by atoms with Crippen LogP contribution >= 0.6 is 11.6 Å². The van der Waals surface area contributed by atoms with Gasteiger partial charge in [0.1, 0.15) is 5.75 Å². The highest BCUT2D eigenvalue weighted by Crippen LogP contribution is 2.32. The maximum atomic E-state index is 6.45. The van der Waals surface area contributed by atoms with Crippen molar-refractivity contribution in [3.8, 4) is 5.75 Å². The van der Waals surface area contributed by atoms with Gasteiger partial charge in [-0.3, -0.25) is 0 Å². The third-order valence-electron chi connectivity index (χ3n) is 4.56. The summed E-state index contributed by atoms with van der Waals surface area (Å²) in [5, 5.41) is 0.771. The predicted octanol–water partition coefficient (Wildman–Crippen LogP) is 3.87. The largest absolute Gasteiger partial charge is 0.492 e. The highest BCUT2D eigenvalue weighted by Gasteiger charge is 2.15. The Labute approximate surface area is 146 Å². The van der Waals surface area contributed by atoms with Crippen LogP contribution in [0.2, 0.25) is 5.02 Å². The number of hydrogen-bond acceptors (Lipinski definition) is 3. The molecule has 130 valence electrons. The number of aryl methyl sites for hydroxylation is 2. The second kappa shape index (κ2) is 9.51. The molecular weight excluding hydrogens is 308 g/mol. The van der Waals surface area contributed by atoms with Gasteiger partial charge in [0.25, 0.3) is 0 Å². The fraction of sp³-hybridized carbons (Fsp3) is 0.684. The first kappa shape index (κ1) is 18.6. The number of ether oxygens (including phenoxy) is 1. The molecular formula is C19H31ClN2O. The van der Waals surface area contributed by atoms with Gasteiger partial charge in [-0.25, -0.2) is 0 Å². The molecule has 2 rings (SSSR count). The monoisotopic (exact) mass is 338 g/mol. The molecule has 23 heavy (non-hydrogen) atoms. The van der Waals surface area contributed by atoms with Gasteiger partial charge in [0.05, 0.1) is 11.6 Å². The molecule has 0 aliphatic carbocycles. The number of hydrogen-bond donors (Lipinski definition) is 0. The van der Waals surface area contributed by atoms with Crippen LogP contribution < -0.4 is 4.74 Å². The van der Waals surface area contributed by atoms with Crippen molar-refractivity contribution in [1.29, 1.82) is 0 Å². The molecule has 1 heterocycles. The number of likely N-dealkylation sites (N-methyl/N-ethyl adjacent to an activating group) is 1. The number of benzene rings is 1. The quantitative estimate of drug-likeness (QED) is 0.715. The van der Waals surface area contributed by atoms with Gasteiger partial charge >= 0.3 is 0 Å². The van der Waals surface area contributed by atoms with Crippen LogP contribution in [0.15, 0.2) is 12.1 Å². The Kier molecular flexibility index (Phi) is 7.68. The van der Waals surface area contributed by atoms with E-state index in [4.69, 9.17) is 16.3 Å². The molecule has 0 amide bonds. The standard InChI is InChI=1S/C19H31ClN2O/c1-4-13-23-19-17(14-16(5-2)15-18(19)20)7-6-8-22-11-9-21(3)10-12-22/h14-15H,4-13H2,1-3H3. The molecule has 1 aliphatic heterocycles. The van der Waals surface area contributed by atoms with Crippen molar-refractivity contribution in [2.75, 3.05) is 46.4 Å². The molecule has 0 bridgehead atoms. The predicted molar refractivity (Wildman–Crippen MR) is 98.9 cm³/mol. The molecule has 0 unspecified atom stereocenters. The van der Waals surface area contributed by atoms with Crippen LogP contribution in [0.5, 0.6) is 5.75 Å². The summed E-state index contributed by atoms with van der Waals surface area (Å²) in [5.41, 5.74) is 2.57. The topological polar surface area (TPSA) is 15.7 Å². The molecule has 3 nitrogen and oxygen atoms in total. The first-order chi connectivity index (χ1) is 11.1. The summed E-state index contributed by atoms with van der Waals surface area (Å²) in [7, 11) is 2.20. The van der Waals surface area contributed by atoms with E-state index >= 15 is 0 Å². The van der Waals surface area contributed by atoms with Crippen LogP contribution in [0, 0.1) is 0 Å². The van der Waals surface area contributed by atoms with Crippen molar-refractivity contribution in [2.45, 2.75) is 39.5 Å². The van der Waals surface area contributed by atoms with E-state index in [1.807, 2.05) is 0 Å². The molecule has 1 aromatic carbocycles.